The Labute approximate surface area is 165 Å². The minimum absolute atomic E-state index is 0.0530. The standard InChI is InChI=1S/C21H26N4O3/c1-2-7-22-20-6-4-17(13-23-20)21(26)25-10-8-24(9-11-25)14-16-3-5-18-19(12-16)28-15-27-18/h3-6,12-13H,2,7-11,14-15H2,1H3,(H,22,23). The first kappa shape index (κ1) is 18.6. The zero-order chi connectivity index (χ0) is 19.3. The summed E-state index contributed by atoms with van der Waals surface area (Å²) in [7, 11) is 0. The van der Waals surface area contributed by atoms with Crippen molar-refractivity contribution in [3.8, 4) is 11.5 Å². The van der Waals surface area contributed by atoms with Crippen LogP contribution in [0.2, 0.25) is 0 Å². The maximum atomic E-state index is 12.7. The number of benzene rings is 1. The summed E-state index contributed by atoms with van der Waals surface area (Å²) in [6.07, 6.45) is 2.71. The van der Waals surface area contributed by atoms with Crippen LogP contribution in [0.25, 0.3) is 0 Å². The lowest BCUT2D eigenvalue weighted by Gasteiger charge is -2.34. The lowest BCUT2D eigenvalue weighted by Crippen LogP contribution is -2.48. The fraction of sp³-hybridized carbons (Fsp3) is 0.429. The minimum atomic E-state index is 0.0530. The molecule has 0 saturated carbocycles. The van der Waals surface area contributed by atoms with Crippen molar-refractivity contribution in [1.29, 1.82) is 0 Å². The number of anilines is 1. The number of aromatic nitrogens is 1. The van der Waals surface area contributed by atoms with Gasteiger partial charge in [0.25, 0.3) is 5.91 Å². The van der Waals surface area contributed by atoms with Crippen LogP contribution in [0.4, 0.5) is 5.82 Å². The van der Waals surface area contributed by atoms with E-state index >= 15 is 0 Å². The highest BCUT2D eigenvalue weighted by atomic mass is 16.7. The molecule has 0 bridgehead atoms. The Hall–Kier alpha value is -2.80. The molecule has 0 unspecified atom stereocenters. The molecule has 0 atom stereocenters. The first-order chi connectivity index (χ1) is 13.7. The van der Waals surface area contributed by atoms with Gasteiger partial charge in [-0.2, -0.15) is 0 Å². The fourth-order valence-electron chi connectivity index (χ4n) is 3.47. The van der Waals surface area contributed by atoms with Crippen molar-refractivity contribution in [1.82, 2.24) is 14.8 Å². The van der Waals surface area contributed by atoms with Gasteiger partial charge in [-0.25, -0.2) is 4.98 Å². The van der Waals surface area contributed by atoms with E-state index in [9.17, 15) is 4.79 Å². The molecule has 4 rings (SSSR count). The smallest absolute Gasteiger partial charge is 0.255 e. The molecular formula is C21H26N4O3. The summed E-state index contributed by atoms with van der Waals surface area (Å²) in [5.41, 5.74) is 1.84. The molecule has 2 aliphatic heterocycles. The van der Waals surface area contributed by atoms with Crippen LogP contribution >= 0.6 is 0 Å². The Bertz CT molecular complexity index is 817. The Kier molecular flexibility index (Phi) is 5.62. The lowest BCUT2D eigenvalue weighted by atomic mass is 10.1. The van der Waals surface area contributed by atoms with Crippen molar-refractivity contribution in [2.24, 2.45) is 0 Å². The Balaban J connectivity index is 1.29. The minimum Gasteiger partial charge on any atom is -0.454 e. The summed E-state index contributed by atoms with van der Waals surface area (Å²) in [5.74, 6) is 2.49. The zero-order valence-corrected chi connectivity index (χ0v) is 16.2. The molecule has 7 nitrogen and oxygen atoms in total. The van der Waals surface area contributed by atoms with Gasteiger partial charge >= 0.3 is 0 Å². The Morgan fingerprint density at radius 2 is 1.93 bits per heavy atom. The van der Waals surface area contributed by atoms with Crippen LogP contribution in [-0.2, 0) is 6.54 Å². The van der Waals surface area contributed by atoms with Crippen LogP contribution in [-0.4, -0.2) is 60.2 Å². The second-order valence-electron chi connectivity index (χ2n) is 7.11. The summed E-state index contributed by atoms with van der Waals surface area (Å²) >= 11 is 0. The summed E-state index contributed by atoms with van der Waals surface area (Å²) in [4.78, 5) is 21.3. The van der Waals surface area contributed by atoms with Gasteiger partial charge in [-0.3, -0.25) is 9.69 Å². The maximum absolute atomic E-state index is 12.7. The predicted octanol–water partition coefficient (Wildman–Crippen LogP) is 2.59. The predicted molar refractivity (Wildman–Crippen MR) is 107 cm³/mol. The molecular weight excluding hydrogens is 356 g/mol. The van der Waals surface area contributed by atoms with E-state index in [0.29, 0.717) is 12.4 Å². The van der Waals surface area contributed by atoms with Gasteiger partial charge in [0, 0.05) is 45.5 Å². The molecule has 3 heterocycles. The van der Waals surface area contributed by atoms with Gasteiger partial charge < -0.3 is 19.7 Å². The number of amides is 1. The van der Waals surface area contributed by atoms with Crippen molar-refractivity contribution in [2.75, 3.05) is 44.8 Å². The molecule has 0 radical (unpaired) electrons. The third-order valence-corrected chi connectivity index (χ3v) is 5.07. The second kappa shape index (κ2) is 8.48. The van der Waals surface area contributed by atoms with E-state index in [1.165, 1.54) is 5.56 Å². The number of nitrogens with one attached hydrogen (secondary N) is 1. The van der Waals surface area contributed by atoms with Gasteiger partial charge in [-0.1, -0.05) is 13.0 Å². The first-order valence-corrected chi connectivity index (χ1v) is 9.83. The lowest BCUT2D eigenvalue weighted by molar-refractivity contribution is 0.0628. The number of hydrogen-bond donors (Lipinski definition) is 1. The summed E-state index contributed by atoms with van der Waals surface area (Å²) in [5, 5.41) is 3.23. The second-order valence-corrected chi connectivity index (χ2v) is 7.11. The molecule has 2 aliphatic rings. The molecule has 1 amide bonds. The number of ether oxygens (including phenoxy) is 2. The zero-order valence-electron chi connectivity index (χ0n) is 16.2. The van der Waals surface area contributed by atoms with Gasteiger partial charge in [0.05, 0.1) is 5.56 Å². The molecule has 7 heteroatoms. The molecule has 0 spiro atoms. The van der Waals surface area contributed by atoms with Crippen molar-refractivity contribution in [2.45, 2.75) is 19.9 Å². The molecule has 1 fully saturated rings. The van der Waals surface area contributed by atoms with E-state index in [-0.39, 0.29) is 5.91 Å². The van der Waals surface area contributed by atoms with Crippen molar-refractivity contribution in [3.63, 3.8) is 0 Å². The average Bonchev–Trinajstić information content (AvgIpc) is 3.20. The topological polar surface area (TPSA) is 66.9 Å². The fourth-order valence-corrected chi connectivity index (χ4v) is 3.47. The number of fused-ring (bicyclic) bond motifs is 1. The number of pyridine rings is 1. The van der Waals surface area contributed by atoms with Crippen LogP contribution in [0.1, 0.15) is 29.3 Å². The number of carbonyl (C=O) groups is 1. The van der Waals surface area contributed by atoms with E-state index in [2.05, 4.69) is 28.2 Å². The van der Waals surface area contributed by atoms with Gasteiger partial charge in [0.15, 0.2) is 11.5 Å². The molecule has 2 aromatic rings. The first-order valence-electron chi connectivity index (χ1n) is 9.83. The molecule has 1 N–H and O–H groups in total. The number of nitrogens with zero attached hydrogens (tertiary/aromatic N) is 3. The van der Waals surface area contributed by atoms with Crippen molar-refractivity contribution >= 4 is 11.7 Å². The van der Waals surface area contributed by atoms with Crippen molar-refractivity contribution < 1.29 is 14.3 Å². The largest absolute Gasteiger partial charge is 0.454 e. The molecule has 1 saturated heterocycles. The van der Waals surface area contributed by atoms with Crippen LogP contribution in [0, 0.1) is 0 Å². The quantitative estimate of drug-likeness (QED) is 0.828. The number of piperazine rings is 1. The third-order valence-electron chi connectivity index (χ3n) is 5.07. The normalized spacial score (nSPS) is 16.2. The Morgan fingerprint density at radius 3 is 2.68 bits per heavy atom. The number of rotatable bonds is 6. The van der Waals surface area contributed by atoms with Crippen LogP contribution < -0.4 is 14.8 Å². The van der Waals surface area contributed by atoms with Gasteiger partial charge in [-0.15, -0.1) is 0 Å². The molecule has 28 heavy (non-hydrogen) atoms. The number of hydrogen-bond acceptors (Lipinski definition) is 6. The molecule has 0 aliphatic carbocycles. The molecule has 1 aromatic carbocycles. The number of carbonyl (C=O) groups excluding carboxylic acids is 1. The van der Waals surface area contributed by atoms with E-state index in [1.807, 2.05) is 29.2 Å². The highest BCUT2D eigenvalue weighted by Gasteiger charge is 2.23. The highest BCUT2D eigenvalue weighted by Crippen LogP contribution is 2.32. The summed E-state index contributed by atoms with van der Waals surface area (Å²) in [6, 6.07) is 9.80. The van der Waals surface area contributed by atoms with Gasteiger partial charge in [0.2, 0.25) is 6.79 Å². The van der Waals surface area contributed by atoms with Crippen LogP contribution in [0.15, 0.2) is 36.5 Å². The van der Waals surface area contributed by atoms with E-state index in [1.54, 1.807) is 6.20 Å². The van der Waals surface area contributed by atoms with Crippen LogP contribution in [0.3, 0.4) is 0 Å². The SMILES string of the molecule is CCCNc1ccc(C(=O)N2CCN(Cc3ccc4c(c3)OCO4)CC2)cn1. The highest BCUT2D eigenvalue weighted by molar-refractivity contribution is 5.94. The maximum Gasteiger partial charge on any atom is 0.255 e. The van der Waals surface area contributed by atoms with Crippen LogP contribution in [0.5, 0.6) is 11.5 Å². The third kappa shape index (κ3) is 4.20. The average molecular weight is 382 g/mol. The van der Waals surface area contributed by atoms with Crippen molar-refractivity contribution in [3.05, 3.63) is 47.7 Å². The molecule has 1 aromatic heterocycles. The summed E-state index contributed by atoms with van der Waals surface area (Å²) in [6.45, 7) is 7.27. The monoisotopic (exact) mass is 382 g/mol. The van der Waals surface area contributed by atoms with E-state index < -0.39 is 0 Å². The summed E-state index contributed by atoms with van der Waals surface area (Å²) < 4.78 is 10.8. The van der Waals surface area contributed by atoms with Gasteiger partial charge in [-0.05, 0) is 36.2 Å². The van der Waals surface area contributed by atoms with E-state index in [0.717, 1.165) is 63.0 Å². The van der Waals surface area contributed by atoms with E-state index in [4.69, 9.17) is 9.47 Å². The van der Waals surface area contributed by atoms with Gasteiger partial charge in [0.1, 0.15) is 5.82 Å². The molecule has 148 valence electrons. The Morgan fingerprint density at radius 1 is 1.11 bits per heavy atom.